The molecule has 2 aromatic rings. The molecule has 106 valence electrons. The van der Waals surface area contributed by atoms with Crippen LogP contribution in [0.2, 0.25) is 5.02 Å². The molecule has 0 radical (unpaired) electrons. The van der Waals surface area contributed by atoms with Crippen molar-refractivity contribution in [2.24, 2.45) is 0 Å². The van der Waals surface area contributed by atoms with Gasteiger partial charge in [0.25, 0.3) is 0 Å². The summed E-state index contributed by atoms with van der Waals surface area (Å²) in [5, 5.41) is 4.19. The highest BCUT2D eigenvalue weighted by Gasteiger charge is 2.07. The van der Waals surface area contributed by atoms with E-state index in [0.29, 0.717) is 5.92 Å². The van der Waals surface area contributed by atoms with Crippen molar-refractivity contribution in [3.63, 3.8) is 0 Å². The van der Waals surface area contributed by atoms with Crippen molar-refractivity contribution in [1.82, 2.24) is 0 Å². The van der Waals surface area contributed by atoms with Crippen LogP contribution in [-0.4, -0.2) is 0 Å². The van der Waals surface area contributed by atoms with Crippen molar-refractivity contribution in [3.05, 3.63) is 63.1 Å². The summed E-state index contributed by atoms with van der Waals surface area (Å²) in [6, 6.07) is 14.9. The van der Waals surface area contributed by atoms with Gasteiger partial charge < -0.3 is 5.32 Å². The van der Waals surface area contributed by atoms with E-state index in [1.165, 1.54) is 11.1 Å². The predicted octanol–water partition coefficient (Wildman–Crippen LogP) is 6.40. The smallest absolute Gasteiger partial charge is 0.0568 e. The van der Waals surface area contributed by atoms with E-state index in [2.05, 4.69) is 66.3 Å². The fourth-order valence-corrected chi connectivity index (χ4v) is 2.52. The molecule has 0 aliphatic rings. The zero-order chi connectivity index (χ0) is 14.7. The normalized spacial score (nSPS) is 12.5. The molecule has 0 fully saturated rings. The maximum Gasteiger partial charge on any atom is 0.0568 e. The molecule has 0 spiro atoms. The SMILES string of the molecule is CC(C)c1ccc(C(C)Nc2ccc(Br)c(Cl)c2)cc1. The quantitative estimate of drug-likeness (QED) is 0.671. The lowest BCUT2D eigenvalue weighted by molar-refractivity contribution is 0.852. The van der Waals surface area contributed by atoms with E-state index in [1.54, 1.807) is 0 Å². The predicted molar refractivity (Wildman–Crippen MR) is 91.7 cm³/mol. The highest BCUT2D eigenvalue weighted by molar-refractivity contribution is 9.10. The van der Waals surface area contributed by atoms with Crippen LogP contribution in [0.4, 0.5) is 5.69 Å². The highest BCUT2D eigenvalue weighted by Crippen LogP contribution is 2.28. The zero-order valence-corrected chi connectivity index (χ0v) is 14.3. The molecule has 1 unspecified atom stereocenters. The number of hydrogen-bond acceptors (Lipinski definition) is 1. The van der Waals surface area contributed by atoms with Crippen LogP contribution < -0.4 is 5.32 Å². The minimum atomic E-state index is 0.244. The topological polar surface area (TPSA) is 12.0 Å². The second-order valence-electron chi connectivity index (χ2n) is 5.32. The van der Waals surface area contributed by atoms with Crippen LogP contribution in [0.1, 0.15) is 43.9 Å². The van der Waals surface area contributed by atoms with Crippen molar-refractivity contribution in [1.29, 1.82) is 0 Å². The third-order valence-corrected chi connectivity index (χ3v) is 4.64. The molecule has 0 saturated heterocycles. The van der Waals surface area contributed by atoms with Crippen LogP contribution >= 0.6 is 27.5 Å². The van der Waals surface area contributed by atoms with Gasteiger partial charge in [-0.3, -0.25) is 0 Å². The number of halogens is 2. The third-order valence-electron chi connectivity index (χ3n) is 3.41. The average molecular weight is 353 g/mol. The first kappa shape index (κ1) is 15.4. The second-order valence-corrected chi connectivity index (χ2v) is 6.58. The van der Waals surface area contributed by atoms with E-state index in [4.69, 9.17) is 11.6 Å². The molecule has 0 aliphatic heterocycles. The lowest BCUT2D eigenvalue weighted by atomic mass is 9.99. The molecule has 0 aromatic heterocycles. The molecular formula is C17H19BrClN. The maximum atomic E-state index is 6.11. The monoisotopic (exact) mass is 351 g/mol. The molecular weight excluding hydrogens is 334 g/mol. The standard InChI is InChI=1S/C17H19BrClN/c1-11(2)13-4-6-14(7-5-13)12(3)20-15-8-9-16(18)17(19)10-15/h4-12,20H,1-3H3. The van der Waals surface area contributed by atoms with Crippen molar-refractivity contribution in [2.75, 3.05) is 5.32 Å². The molecule has 1 nitrogen and oxygen atoms in total. The van der Waals surface area contributed by atoms with Crippen LogP contribution in [0, 0.1) is 0 Å². The molecule has 2 aromatic carbocycles. The minimum Gasteiger partial charge on any atom is -0.378 e. The van der Waals surface area contributed by atoms with Gasteiger partial charge in [0, 0.05) is 16.2 Å². The van der Waals surface area contributed by atoms with Crippen molar-refractivity contribution in [3.8, 4) is 0 Å². The Bertz CT molecular complexity index is 578. The van der Waals surface area contributed by atoms with E-state index in [9.17, 15) is 0 Å². The Kier molecular flexibility index (Phi) is 5.11. The van der Waals surface area contributed by atoms with Gasteiger partial charge in [0.15, 0.2) is 0 Å². The van der Waals surface area contributed by atoms with Gasteiger partial charge in [-0.15, -0.1) is 0 Å². The molecule has 3 heteroatoms. The Morgan fingerprint density at radius 3 is 2.10 bits per heavy atom. The van der Waals surface area contributed by atoms with Crippen molar-refractivity contribution >= 4 is 33.2 Å². The van der Waals surface area contributed by atoms with E-state index >= 15 is 0 Å². The number of nitrogens with one attached hydrogen (secondary N) is 1. The summed E-state index contributed by atoms with van der Waals surface area (Å²) >= 11 is 9.51. The van der Waals surface area contributed by atoms with Crippen LogP contribution in [0.5, 0.6) is 0 Å². The number of anilines is 1. The fraction of sp³-hybridized carbons (Fsp3) is 0.294. The first-order valence-electron chi connectivity index (χ1n) is 6.79. The lowest BCUT2D eigenvalue weighted by Crippen LogP contribution is -2.06. The molecule has 0 aliphatic carbocycles. The van der Waals surface area contributed by atoms with Crippen molar-refractivity contribution in [2.45, 2.75) is 32.7 Å². The van der Waals surface area contributed by atoms with Crippen LogP contribution in [0.3, 0.4) is 0 Å². The van der Waals surface area contributed by atoms with Gasteiger partial charge >= 0.3 is 0 Å². The first-order valence-corrected chi connectivity index (χ1v) is 7.96. The van der Waals surface area contributed by atoms with Gasteiger partial charge in [0.05, 0.1) is 5.02 Å². The Labute approximate surface area is 134 Å². The van der Waals surface area contributed by atoms with Crippen LogP contribution in [0.25, 0.3) is 0 Å². The van der Waals surface area contributed by atoms with Gasteiger partial charge in [-0.05, 0) is 58.1 Å². The molecule has 20 heavy (non-hydrogen) atoms. The number of rotatable bonds is 4. The number of hydrogen-bond donors (Lipinski definition) is 1. The third kappa shape index (κ3) is 3.77. The van der Waals surface area contributed by atoms with E-state index < -0.39 is 0 Å². The summed E-state index contributed by atoms with van der Waals surface area (Å²) in [6.07, 6.45) is 0. The summed E-state index contributed by atoms with van der Waals surface area (Å²) in [7, 11) is 0. The zero-order valence-electron chi connectivity index (χ0n) is 12.0. The Morgan fingerprint density at radius 1 is 0.950 bits per heavy atom. The highest BCUT2D eigenvalue weighted by atomic mass is 79.9. The molecule has 0 bridgehead atoms. The first-order chi connectivity index (χ1) is 9.47. The molecule has 2 rings (SSSR count). The van der Waals surface area contributed by atoms with Gasteiger partial charge in [-0.2, -0.15) is 0 Å². The van der Waals surface area contributed by atoms with Crippen LogP contribution in [0.15, 0.2) is 46.9 Å². The summed E-state index contributed by atoms with van der Waals surface area (Å²) in [6.45, 7) is 6.57. The summed E-state index contributed by atoms with van der Waals surface area (Å²) < 4.78 is 0.915. The minimum absolute atomic E-state index is 0.244. The molecule has 1 N–H and O–H groups in total. The number of benzene rings is 2. The van der Waals surface area contributed by atoms with E-state index in [1.807, 2.05) is 18.2 Å². The second kappa shape index (κ2) is 6.64. The Morgan fingerprint density at radius 2 is 1.55 bits per heavy atom. The van der Waals surface area contributed by atoms with Gasteiger partial charge in [0.1, 0.15) is 0 Å². The molecule has 0 heterocycles. The molecule has 0 saturated carbocycles. The Balaban J connectivity index is 2.10. The van der Waals surface area contributed by atoms with Crippen molar-refractivity contribution < 1.29 is 0 Å². The average Bonchev–Trinajstić information content (AvgIpc) is 2.43. The summed E-state index contributed by atoms with van der Waals surface area (Å²) in [5.74, 6) is 0.567. The van der Waals surface area contributed by atoms with Gasteiger partial charge in [-0.1, -0.05) is 49.7 Å². The van der Waals surface area contributed by atoms with Gasteiger partial charge in [0.2, 0.25) is 0 Å². The molecule has 1 atom stereocenters. The van der Waals surface area contributed by atoms with E-state index in [0.717, 1.165) is 15.2 Å². The largest absolute Gasteiger partial charge is 0.378 e. The summed E-state index contributed by atoms with van der Waals surface area (Å²) in [5.41, 5.74) is 3.67. The van der Waals surface area contributed by atoms with Crippen LogP contribution in [-0.2, 0) is 0 Å². The summed E-state index contributed by atoms with van der Waals surface area (Å²) in [4.78, 5) is 0. The molecule has 0 amide bonds. The lowest BCUT2D eigenvalue weighted by Gasteiger charge is -2.17. The fourth-order valence-electron chi connectivity index (χ4n) is 2.09. The van der Waals surface area contributed by atoms with Gasteiger partial charge in [-0.25, -0.2) is 0 Å². The maximum absolute atomic E-state index is 6.11. The van der Waals surface area contributed by atoms with E-state index in [-0.39, 0.29) is 6.04 Å². The Hall–Kier alpha value is -0.990.